The van der Waals surface area contributed by atoms with Crippen LogP contribution in [0.15, 0.2) is 35.0 Å². The Balaban J connectivity index is 2.04. The van der Waals surface area contributed by atoms with E-state index >= 15 is 0 Å². The van der Waals surface area contributed by atoms with Gasteiger partial charge in [-0.2, -0.15) is 0 Å². The molecule has 158 valence electrons. The Morgan fingerprint density at radius 2 is 2.10 bits per heavy atom. The summed E-state index contributed by atoms with van der Waals surface area (Å²) < 4.78 is 7.27. The van der Waals surface area contributed by atoms with Crippen LogP contribution >= 0.6 is 11.8 Å². The summed E-state index contributed by atoms with van der Waals surface area (Å²) in [6.07, 6.45) is 2.41. The third-order valence-electron chi connectivity index (χ3n) is 3.81. The number of thioether (sulfide) groups is 1. The number of non-ortho nitro benzene ring substituents is 1. The van der Waals surface area contributed by atoms with E-state index in [-0.39, 0.29) is 5.69 Å². The van der Waals surface area contributed by atoms with Crippen molar-refractivity contribution in [1.29, 1.82) is 0 Å². The van der Waals surface area contributed by atoms with Gasteiger partial charge in [0.05, 0.1) is 16.0 Å². The van der Waals surface area contributed by atoms with Crippen molar-refractivity contribution in [2.45, 2.75) is 58.3 Å². The number of carbonyl (C=O) groups is 1. The number of aromatic nitrogens is 2. The van der Waals surface area contributed by atoms with Crippen molar-refractivity contribution < 1.29 is 14.5 Å². The fourth-order valence-corrected chi connectivity index (χ4v) is 3.47. The first-order valence-electron chi connectivity index (χ1n) is 9.44. The Hall–Kier alpha value is -2.55. The molecule has 2 aromatic rings. The second kappa shape index (κ2) is 9.78. The summed E-state index contributed by atoms with van der Waals surface area (Å²) in [5, 5.41) is 14.6. The van der Waals surface area contributed by atoms with Gasteiger partial charge in [-0.05, 0) is 47.1 Å². The molecule has 0 saturated carbocycles. The highest BCUT2D eigenvalue weighted by molar-refractivity contribution is 7.99. The summed E-state index contributed by atoms with van der Waals surface area (Å²) in [4.78, 5) is 26.9. The van der Waals surface area contributed by atoms with Crippen molar-refractivity contribution in [3.05, 3.63) is 40.0 Å². The predicted molar refractivity (Wildman–Crippen MR) is 115 cm³/mol. The molecule has 0 unspecified atom stereocenters. The molecule has 9 heteroatoms. The van der Waals surface area contributed by atoms with Crippen LogP contribution in [0.25, 0.3) is 11.0 Å². The Bertz CT molecular complexity index is 911. The van der Waals surface area contributed by atoms with Gasteiger partial charge in [0.2, 0.25) is 0 Å². The van der Waals surface area contributed by atoms with Gasteiger partial charge >= 0.3 is 6.09 Å². The van der Waals surface area contributed by atoms with Crippen LogP contribution in [-0.2, 0) is 11.3 Å². The second-order valence-corrected chi connectivity index (χ2v) is 8.91. The van der Waals surface area contributed by atoms with Gasteiger partial charge < -0.3 is 14.6 Å². The molecule has 1 amide bonds. The van der Waals surface area contributed by atoms with Crippen molar-refractivity contribution in [3.8, 4) is 0 Å². The summed E-state index contributed by atoms with van der Waals surface area (Å²) in [7, 11) is 0. The summed E-state index contributed by atoms with van der Waals surface area (Å²) in [6, 6.07) is 4.75. The summed E-state index contributed by atoms with van der Waals surface area (Å²) >= 11 is 1.56. The first-order chi connectivity index (χ1) is 13.6. The number of fused-ring (bicyclic) bond motifs is 1. The minimum Gasteiger partial charge on any atom is -0.444 e. The zero-order chi connectivity index (χ0) is 21.6. The highest BCUT2D eigenvalue weighted by atomic mass is 32.2. The summed E-state index contributed by atoms with van der Waals surface area (Å²) in [5.41, 5.74) is 2.17. The van der Waals surface area contributed by atoms with Crippen molar-refractivity contribution in [1.82, 2.24) is 14.9 Å². The molecule has 0 saturated heterocycles. The van der Waals surface area contributed by atoms with E-state index in [9.17, 15) is 14.9 Å². The lowest BCUT2D eigenvalue weighted by Crippen LogP contribution is -2.33. The smallest absolute Gasteiger partial charge is 0.407 e. The second-order valence-electron chi connectivity index (χ2n) is 7.85. The van der Waals surface area contributed by atoms with Crippen LogP contribution in [0.4, 0.5) is 10.5 Å². The molecule has 0 radical (unpaired) electrons. The topological polar surface area (TPSA) is 99.3 Å². The number of carbonyl (C=O) groups excluding carboxylic acids is 1. The van der Waals surface area contributed by atoms with Crippen molar-refractivity contribution in [3.63, 3.8) is 0 Å². The standard InChI is InChI=1S/C20H28N4O4S/c1-14(2)9-11-23-17-8-7-15(24(26)27)13-16(17)22-18(23)29-12-6-10-21-19(25)28-20(3,4)5/h7-9,13H,6,10-12H2,1-5H3,(H,21,25). The van der Waals surface area contributed by atoms with Crippen LogP contribution in [0.1, 0.15) is 41.0 Å². The molecule has 0 bridgehead atoms. The number of nitrogens with zero attached hydrogens (tertiary/aromatic N) is 3. The van der Waals surface area contributed by atoms with Gasteiger partial charge in [-0.15, -0.1) is 0 Å². The fourth-order valence-electron chi connectivity index (χ4n) is 2.51. The lowest BCUT2D eigenvalue weighted by atomic mass is 10.2. The van der Waals surface area contributed by atoms with Crippen LogP contribution in [0.3, 0.4) is 0 Å². The number of nitro groups is 1. The Kier molecular flexibility index (Phi) is 7.66. The zero-order valence-corrected chi connectivity index (χ0v) is 18.3. The van der Waals surface area contributed by atoms with Gasteiger partial charge in [-0.25, -0.2) is 9.78 Å². The van der Waals surface area contributed by atoms with Crippen LogP contribution in [-0.4, -0.2) is 38.5 Å². The van der Waals surface area contributed by atoms with E-state index in [1.54, 1.807) is 17.8 Å². The van der Waals surface area contributed by atoms with Crippen molar-refractivity contribution in [2.75, 3.05) is 12.3 Å². The molecule has 1 heterocycles. The number of alkyl carbamates (subject to hydrolysis) is 1. The van der Waals surface area contributed by atoms with Crippen LogP contribution < -0.4 is 5.32 Å². The number of ether oxygens (including phenoxy) is 1. The fraction of sp³-hybridized carbons (Fsp3) is 0.500. The lowest BCUT2D eigenvalue weighted by Gasteiger charge is -2.19. The molecule has 29 heavy (non-hydrogen) atoms. The molecule has 1 aromatic heterocycles. The minimum absolute atomic E-state index is 0.0301. The number of imidazole rings is 1. The number of nitro benzene ring substituents is 1. The molecule has 0 atom stereocenters. The summed E-state index contributed by atoms with van der Waals surface area (Å²) in [5.74, 6) is 0.746. The lowest BCUT2D eigenvalue weighted by molar-refractivity contribution is -0.384. The van der Waals surface area contributed by atoms with E-state index in [0.29, 0.717) is 18.6 Å². The largest absolute Gasteiger partial charge is 0.444 e. The Labute approximate surface area is 174 Å². The highest BCUT2D eigenvalue weighted by Gasteiger charge is 2.16. The predicted octanol–water partition coefficient (Wildman–Crippen LogP) is 4.92. The average molecular weight is 421 g/mol. The van der Waals surface area contributed by atoms with Gasteiger partial charge in [0.25, 0.3) is 5.69 Å². The number of amides is 1. The van der Waals surface area contributed by atoms with E-state index in [2.05, 4.69) is 20.9 Å². The van der Waals surface area contributed by atoms with E-state index in [4.69, 9.17) is 4.74 Å². The molecule has 8 nitrogen and oxygen atoms in total. The van der Waals surface area contributed by atoms with Gasteiger partial charge in [-0.3, -0.25) is 10.1 Å². The third kappa shape index (κ3) is 7.08. The normalized spacial score (nSPS) is 11.3. The molecule has 0 aliphatic carbocycles. The highest BCUT2D eigenvalue weighted by Crippen LogP contribution is 2.27. The van der Waals surface area contributed by atoms with Gasteiger partial charge in [-0.1, -0.05) is 23.4 Å². The van der Waals surface area contributed by atoms with Crippen LogP contribution in [0, 0.1) is 10.1 Å². The van der Waals surface area contributed by atoms with Crippen molar-refractivity contribution >= 4 is 34.6 Å². The molecule has 0 fully saturated rings. The average Bonchev–Trinajstić information content (AvgIpc) is 2.94. The maximum Gasteiger partial charge on any atom is 0.407 e. The number of allylic oxidation sites excluding steroid dienone is 2. The van der Waals surface area contributed by atoms with E-state index in [0.717, 1.165) is 22.8 Å². The number of hydrogen-bond acceptors (Lipinski definition) is 6. The SMILES string of the molecule is CC(C)=CCn1c(SCCCNC(=O)OC(C)(C)C)nc2cc([N+](=O)[O-])ccc21. The molecule has 0 aliphatic heterocycles. The molecule has 0 aliphatic rings. The zero-order valence-electron chi connectivity index (χ0n) is 17.5. The summed E-state index contributed by atoms with van der Waals surface area (Å²) in [6.45, 7) is 10.7. The molecule has 2 rings (SSSR count). The quantitative estimate of drug-likeness (QED) is 0.214. The molecular weight excluding hydrogens is 392 g/mol. The van der Waals surface area contributed by atoms with Gasteiger partial charge in [0.15, 0.2) is 5.16 Å². The Morgan fingerprint density at radius 1 is 1.38 bits per heavy atom. The Morgan fingerprint density at radius 3 is 2.72 bits per heavy atom. The maximum absolute atomic E-state index is 11.7. The first kappa shape index (κ1) is 22.7. The first-order valence-corrected chi connectivity index (χ1v) is 10.4. The van der Waals surface area contributed by atoms with Crippen LogP contribution in [0.2, 0.25) is 0 Å². The molecular formula is C20H28N4O4S. The molecule has 0 spiro atoms. The van der Waals surface area contributed by atoms with Gasteiger partial charge in [0, 0.05) is 31.0 Å². The van der Waals surface area contributed by atoms with E-state index in [1.165, 1.54) is 17.7 Å². The maximum atomic E-state index is 11.7. The molecule has 1 aromatic carbocycles. The number of nitrogens with one attached hydrogen (secondary N) is 1. The number of hydrogen-bond donors (Lipinski definition) is 1. The van der Waals surface area contributed by atoms with E-state index in [1.807, 2.05) is 34.6 Å². The van der Waals surface area contributed by atoms with Crippen LogP contribution in [0.5, 0.6) is 0 Å². The number of benzene rings is 1. The monoisotopic (exact) mass is 420 g/mol. The van der Waals surface area contributed by atoms with Crippen molar-refractivity contribution in [2.24, 2.45) is 0 Å². The number of rotatable bonds is 8. The minimum atomic E-state index is -0.517. The molecule has 1 N–H and O–H groups in total. The van der Waals surface area contributed by atoms with Gasteiger partial charge in [0.1, 0.15) is 5.60 Å². The third-order valence-corrected chi connectivity index (χ3v) is 4.87. The van der Waals surface area contributed by atoms with E-state index < -0.39 is 16.6 Å².